The second-order valence-corrected chi connectivity index (χ2v) is 14.1. The van der Waals surface area contributed by atoms with E-state index in [1.807, 2.05) is 0 Å². The van der Waals surface area contributed by atoms with E-state index in [-0.39, 0.29) is 0 Å². The Morgan fingerprint density at radius 1 is 0.392 bits per heavy atom. The zero-order chi connectivity index (χ0) is 33.5. The number of fused-ring (bicyclic) bond motifs is 9. The molecule has 0 saturated carbocycles. The molecule has 11 aromatic rings. The van der Waals surface area contributed by atoms with E-state index in [1.54, 1.807) is 11.3 Å². The van der Waals surface area contributed by atoms with Gasteiger partial charge >= 0.3 is 0 Å². The number of nitrogens with zero attached hydrogens (tertiary/aromatic N) is 4. The minimum Gasteiger partial charge on any atom is -0.309 e. The molecule has 0 N–H and O–H groups in total. The summed E-state index contributed by atoms with van der Waals surface area (Å²) in [5, 5.41) is 5.98. The number of aromatic nitrogens is 4. The first-order valence-electron chi connectivity index (χ1n) is 17.2. The number of benzene rings is 7. The van der Waals surface area contributed by atoms with Crippen LogP contribution in [0.4, 0.5) is 0 Å². The second kappa shape index (κ2) is 11.0. The van der Waals surface area contributed by atoms with Crippen molar-refractivity contribution in [2.24, 2.45) is 0 Å². The highest BCUT2D eigenvalue weighted by Gasteiger charge is 2.20. The van der Waals surface area contributed by atoms with Crippen molar-refractivity contribution in [2.75, 3.05) is 0 Å². The summed E-state index contributed by atoms with van der Waals surface area (Å²) in [6, 6.07) is 60.6. The van der Waals surface area contributed by atoms with Gasteiger partial charge in [-0.3, -0.25) is 0 Å². The lowest BCUT2D eigenvalue weighted by atomic mass is 10.0. The van der Waals surface area contributed by atoms with Crippen LogP contribution in [-0.4, -0.2) is 19.1 Å². The second-order valence-electron chi connectivity index (χ2n) is 13.0. The zero-order valence-electron chi connectivity index (χ0n) is 27.4. The van der Waals surface area contributed by atoms with E-state index in [0.717, 1.165) is 55.1 Å². The number of para-hydroxylation sites is 4. The predicted octanol–water partition coefficient (Wildman–Crippen LogP) is 12.4. The van der Waals surface area contributed by atoms with E-state index in [0.29, 0.717) is 0 Å². The van der Waals surface area contributed by atoms with E-state index in [9.17, 15) is 0 Å². The van der Waals surface area contributed by atoms with Crippen molar-refractivity contribution in [1.82, 2.24) is 19.1 Å². The maximum Gasteiger partial charge on any atom is 0.160 e. The topological polar surface area (TPSA) is 35.6 Å². The lowest BCUT2D eigenvalue weighted by Gasteiger charge is -2.10. The van der Waals surface area contributed by atoms with Gasteiger partial charge in [0.2, 0.25) is 0 Å². The Bertz CT molecular complexity index is 3130. The molecule has 238 valence electrons. The number of hydrogen-bond acceptors (Lipinski definition) is 3. The van der Waals surface area contributed by atoms with Crippen LogP contribution in [0.2, 0.25) is 0 Å². The Hall–Kier alpha value is -6.56. The third kappa shape index (κ3) is 4.25. The van der Waals surface area contributed by atoms with Crippen LogP contribution in [0, 0.1) is 0 Å². The van der Waals surface area contributed by atoms with Gasteiger partial charge < -0.3 is 9.13 Å². The lowest BCUT2D eigenvalue weighted by Crippen LogP contribution is -1.95. The molecule has 11 rings (SSSR count). The first-order valence-corrected chi connectivity index (χ1v) is 18.0. The third-order valence-electron chi connectivity index (χ3n) is 10.1. The molecule has 0 aliphatic rings. The molecule has 4 nitrogen and oxygen atoms in total. The quantitative estimate of drug-likeness (QED) is 0.187. The SMILES string of the molecule is c1ccc(-n2c3ccccc3c3cc(-c4nc(-c5ccc6c(c5)c5ccccc5n6-c5ccccc5)c5sc6ccccc6c5n4)ccc32)cc1. The molecule has 5 heteroatoms. The molecule has 0 unspecified atom stereocenters. The molecule has 0 amide bonds. The van der Waals surface area contributed by atoms with Crippen LogP contribution in [0.3, 0.4) is 0 Å². The van der Waals surface area contributed by atoms with Crippen LogP contribution in [-0.2, 0) is 0 Å². The van der Waals surface area contributed by atoms with Gasteiger partial charge in [-0.25, -0.2) is 9.97 Å². The highest BCUT2D eigenvalue weighted by molar-refractivity contribution is 7.26. The monoisotopic (exact) mass is 668 g/mol. The third-order valence-corrected chi connectivity index (χ3v) is 11.3. The average Bonchev–Trinajstić information content (AvgIpc) is 3.85. The predicted molar refractivity (Wildman–Crippen MR) is 214 cm³/mol. The first-order chi connectivity index (χ1) is 25.3. The molecule has 0 aliphatic heterocycles. The van der Waals surface area contributed by atoms with Crippen LogP contribution in [0.15, 0.2) is 170 Å². The molecule has 0 spiro atoms. The van der Waals surface area contributed by atoms with Gasteiger partial charge in [0.1, 0.15) is 0 Å². The van der Waals surface area contributed by atoms with Crippen LogP contribution in [0.25, 0.3) is 97.9 Å². The largest absolute Gasteiger partial charge is 0.309 e. The fourth-order valence-corrected chi connectivity index (χ4v) is 9.01. The summed E-state index contributed by atoms with van der Waals surface area (Å²) in [5.41, 5.74) is 11.0. The fourth-order valence-electron chi connectivity index (χ4n) is 7.86. The van der Waals surface area contributed by atoms with E-state index in [2.05, 4.69) is 179 Å². The minimum absolute atomic E-state index is 0.728. The van der Waals surface area contributed by atoms with E-state index in [1.165, 1.54) is 42.8 Å². The Kier molecular flexibility index (Phi) is 6.09. The van der Waals surface area contributed by atoms with E-state index < -0.39 is 0 Å². The highest BCUT2D eigenvalue weighted by atomic mass is 32.1. The van der Waals surface area contributed by atoms with Crippen LogP contribution in [0.5, 0.6) is 0 Å². The minimum atomic E-state index is 0.728. The standard InChI is InChI=1S/C46H28N4S/c1-3-13-31(14-4-1)49-38-20-10-7-17-33(38)36-27-29(23-25-40(36)49)43-45-44(35-19-9-12-22-42(35)51-45)48-46(47-43)30-24-26-41-37(28-30)34-18-8-11-21-39(34)50(41)32-15-5-2-6-16-32/h1-28H. The van der Waals surface area contributed by atoms with E-state index in [4.69, 9.17) is 9.97 Å². The van der Waals surface area contributed by atoms with Gasteiger partial charge in [-0.05, 0) is 72.8 Å². The van der Waals surface area contributed by atoms with Gasteiger partial charge in [-0.2, -0.15) is 0 Å². The summed E-state index contributed by atoms with van der Waals surface area (Å²) in [6.07, 6.45) is 0. The number of thiophene rings is 1. The molecule has 0 fully saturated rings. The van der Waals surface area contributed by atoms with Crippen molar-refractivity contribution in [3.63, 3.8) is 0 Å². The highest BCUT2D eigenvalue weighted by Crippen LogP contribution is 2.42. The Morgan fingerprint density at radius 2 is 0.882 bits per heavy atom. The van der Waals surface area contributed by atoms with Crippen molar-refractivity contribution < 1.29 is 0 Å². The van der Waals surface area contributed by atoms with Gasteiger partial charge in [-0.15, -0.1) is 11.3 Å². The number of rotatable bonds is 4. The summed E-state index contributed by atoms with van der Waals surface area (Å²) in [4.78, 5) is 10.7. The molecule has 4 aromatic heterocycles. The normalized spacial score (nSPS) is 11.9. The number of hydrogen-bond donors (Lipinski definition) is 0. The van der Waals surface area contributed by atoms with Crippen molar-refractivity contribution in [1.29, 1.82) is 0 Å². The molecule has 0 saturated heterocycles. The molecule has 0 bridgehead atoms. The summed E-state index contributed by atoms with van der Waals surface area (Å²) in [5.74, 6) is 0.728. The van der Waals surface area contributed by atoms with Crippen LogP contribution >= 0.6 is 11.3 Å². The van der Waals surface area contributed by atoms with Gasteiger partial charge in [0.25, 0.3) is 0 Å². The maximum absolute atomic E-state index is 5.43. The molecular formula is C46H28N4S. The first kappa shape index (κ1) is 28.3. The van der Waals surface area contributed by atoms with Crippen LogP contribution < -0.4 is 0 Å². The Balaban J connectivity index is 1.17. The van der Waals surface area contributed by atoms with Crippen LogP contribution in [0.1, 0.15) is 0 Å². The fraction of sp³-hybridized carbons (Fsp3) is 0. The Labute approximate surface area is 297 Å². The van der Waals surface area contributed by atoms with Crippen molar-refractivity contribution in [2.45, 2.75) is 0 Å². The molecule has 4 heterocycles. The van der Waals surface area contributed by atoms with Crippen molar-refractivity contribution >= 4 is 75.3 Å². The Morgan fingerprint density at radius 3 is 1.51 bits per heavy atom. The molecule has 51 heavy (non-hydrogen) atoms. The maximum atomic E-state index is 5.43. The van der Waals surface area contributed by atoms with E-state index >= 15 is 0 Å². The smallest absolute Gasteiger partial charge is 0.160 e. The molecular weight excluding hydrogens is 641 g/mol. The summed E-state index contributed by atoms with van der Waals surface area (Å²) in [7, 11) is 0. The molecule has 0 radical (unpaired) electrons. The summed E-state index contributed by atoms with van der Waals surface area (Å²) in [6.45, 7) is 0. The van der Waals surface area contributed by atoms with Gasteiger partial charge in [-0.1, -0.05) is 97.1 Å². The van der Waals surface area contributed by atoms with Gasteiger partial charge in [0.05, 0.1) is 38.0 Å². The zero-order valence-corrected chi connectivity index (χ0v) is 28.2. The van der Waals surface area contributed by atoms with Gasteiger partial charge in [0.15, 0.2) is 5.82 Å². The average molecular weight is 669 g/mol. The van der Waals surface area contributed by atoms with Crippen molar-refractivity contribution in [3.8, 4) is 34.0 Å². The molecule has 0 aliphatic carbocycles. The lowest BCUT2D eigenvalue weighted by molar-refractivity contribution is 1.18. The van der Waals surface area contributed by atoms with Crippen molar-refractivity contribution in [3.05, 3.63) is 170 Å². The summed E-state index contributed by atoms with van der Waals surface area (Å²) >= 11 is 1.77. The molecule has 0 atom stereocenters. The molecule has 7 aromatic carbocycles. The van der Waals surface area contributed by atoms with Gasteiger partial charge in [0, 0.05) is 54.1 Å². The summed E-state index contributed by atoms with van der Waals surface area (Å²) < 4.78 is 7.02.